The van der Waals surface area contributed by atoms with E-state index in [4.69, 9.17) is 16.3 Å². The van der Waals surface area contributed by atoms with Crippen LogP contribution in [0.25, 0.3) is 0 Å². The average molecular weight is 484 g/mol. The van der Waals surface area contributed by atoms with Gasteiger partial charge in [0.2, 0.25) is 0 Å². The monoisotopic (exact) mass is 483 g/mol. The number of hydrogen-bond donors (Lipinski definition) is 1. The Hall–Kier alpha value is -1.48. The fourth-order valence-electron chi connectivity index (χ4n) is 1.98. The lowest BCUT2D eigenvalue weighted by Gasteiger charge is -2.26. The summed E-state index contributed by atoms with van der Waals surface area (Å²) in [5, 5.41) is 2.81. The number of alkyl halides is 3. The van der Waals surface area contributed by atoms with Gasteiger partial charge in [0.15, 0.2) is 5.60 Å². The summed E-state index contributed by atoms with van der Waals surface area (Å²) in [4.78, 5) is 12.4. The van der Waals surface area contributed by atoms with Gasteiger partial charge in [-0.1, -0.05) is 11.6 Å². The molecule has 1 N–H and O–H groups in total. The van der Waals surface area contributed by atoms with Gasteiger partial charge in [-0.3, -0.25) is 4.79 Å². The van der Waals surface area contributed by atoms with Crippen LogP contribution in [0.15, 0.2) is 42.5 Å². The molecule has 2 aromatic rings. The van der Waals surface area contributed by atoms with Crippen LogP contribution >= 0.6 is 34.2 Å². The molecule has 0 fully saturated rings. The third kappa shape index (κ3) is 5.24. The molecule has 0 unspecified atom stereocenters. The van der Waals surface area contributed by atoms with E-state index in [1.807, 2.05) is 0 Å². The van der Waals surface area contributed by atoms with Crippen molar-refractivity contribution in [3.8, 4) is 5.75 Å². The van der Waals surface area contributed by atoms with Gasteiger partial charge in [0.25, 0.3) is 5.91 Å². The molecule has 2 rings (SSSR count). The summed E-state index contributed by atoms with van der Waals surface area (Å²) in [6.07, 6.45) is -4.58. The molecule has 0 aliphatic heterocycles. The number of carbonyl (C=O) groups excluding carboxylic acids is 1. The highest BCUT2D eigenvalue weighted by atomic mass is 127. The van der Waals surface area contributed by atoms with E-state index < -0.39 is 23.2 Å². The second-order valence-electron chi connectivity index (χ2n) is 5.71. The van der Waals surface area contributed by atoms with Crippen LogP contribution in [-0.4, -0.2) is 11.5 Å². The zero-order valence-electron chi connectivity index (χ0n) is 13.2. The predicted octanol–water partition coefficient (Wildman–Crippen LogP) is 5.76. The van der Waals surface area contributed by atoms with Crippen molar-refractivity contribution in [2.75, 3.05) is 5.32 Å². The Morgan fingerprint density at radius 3 is 2.28 bits per heavy atom. The molecule has 0 saturated heterocycles. The second-order valence-corrected chi connectivity index (χ2v) is 7.39. The van der Waals surface area contributed by atoms with Crippen LogP contribution in [0, 0.1) is 3.57 Å². The SMILES string of the molecule is CC(C)(Oc1ccc(Cl)cc1)C(=O)Nc1ccc(I)cc1C(F)(F)F. The number of benzene rings is 2. The highest BCUT2D eigenvalue weighted by molar-refractivity contribution is 14.1. The number of halogens is 5. The van der Waals surface area contributed by atoms with Gasteiger partial charge in [-0.15, -0.1) is 0 Å². The standard InChI is InChI=1S/C17H14ClF3INO2/c1-16(2,25-12-6-3-10(18)4-7-12)15(24)23-14-8-5-11(22)9-13(14)17(19,20)21/h3-9H,1-2H3,(H,23,24). The summed E-state index contributed by atoms with van der Waals surface area (Å²) in [5.41, 5.74) is -2.61. The molecule has 0 aromatic heterocycles. The van der Waals surface area contributed by atoms with Gasteiger partial charge in [-0.25, -0.2) is 0 Å². The van der Waals surface area contributed by atoms with E-state index in [2.05, 4.69) is 5.32 Å². The minimum Gasteiger partial charge on any atom is -0.478 e. The Labute approximate surface area is 161 Å². The van der Waals surface area contributed by atoms with Crippen LogP contribution in [0.3, 0.4) is 0 Å². The van der Waals surface area contributed by atoms with Crippen molar-refractivity contribution in [3.63, 3.8) is 0 Å². The van der Waals surface area contributed by atoms with E-state index in [1.54, 1.807) is 46.9 Å². The first kappa shape index (κ1) is 19.8. The predicted molar refractivity (Wildman–Crippen MR) is 98.9 cm³/mol. The summed E-state index contributed by atoms with van der Waals surface area (Å²) >= 11 is 7.57. The molecular weight excluding hydrogens is 470 g/mol. The summed E-state index contributed by atoms with van der Waals surface area (Å²) in [7, 11) is 0. The Kier molecular flexibility index (Phi) is 5.88. The Balaban J connectivity index is 2.22. The van der Waals surface area contributed by atoms with E-state index in [0.717, 1.165) is 6.07 Å². The fourth-order valence-corrected chi connectivity index (χ4v) is 2.59. The molecular formula is C17H14ClF3INO2. The van der Waals surface area contributed by atoms with Crippen molar-refractivity contribution >= 4 is 45.8 Å². The van der Waals surface area contributed by atoms with E-state index in [9.17, 15) is 18.0 Å². The number of rotatable bonds is 4. The highest BCUT2D eigenvalue weighted by Crippen LogP contribution is 2.36. The first-order valence-electron chi connectivity index (χ1n) is 7.12. The summed E-state index contributed by atoms with van der Waals surface area (Å²) in [6, 6.07) is 10.0. The third-order valence-corrected chi connectivity index (χ3v) is 4.19. The molecule has 0 aliphatic rings. The van der Waals surface area contributed by atoms with Gasteiger partial charge in [-0.05, 0) is 78.9 Å². The van der Waals surface area contributed by atoms with Crippen LogP contribution in [-0.2, 0) is 11.0 Å². The number of amides is 1. The van der Waals surface area contributed by atoms with Crippen molar-refractivity contribution in [3.05, 3.63) is 56.6 Å². The van der Waals surface area contributed by atoms with Crippen molar-refractivity contribution in [1.82, 2.24) is 0 Å². The van der Waals surface area contributed by atoms with Gasteiger partial charge >= 0.3 is 6.18 Å². The Morgan fingerprint density at radius 1 is 1.12 bits per heavy atom. The number of nitrogens with one attached hydrogen (secondary N) is 1. The van der Waals surface area contributed by atoms with Crippen LogP contribution in [0.5, 0.6) is 5.75 Å². The van der Waals surface area contributed by atoms with Gasteiger partial charge in [0.05, 0.1) is 11.3 Å². The molecule has 2 aromatic carbocycles. The molecule has 0 saturated carbocycles. The maximum Gasteiger partial charge on any atom is 0.418 e. The zero-order valence-corrected chi connectivity index (χ0v) is 16.2. The lowest BCUT2D eigenvalue weighted by atomic mass is 10.1. The Morgan fingerprint density at radius 2 is 1.72 bits per heavy atom. The van der Waals surface area contributed by atoms with Gasteiger partial charge in [0.1, 0.15) is 5.75 Å². The summed E-state index contributed by atoms with van der Waals surface area (Å²) in [5.74, 6) is -0.322. The smallest absolute Gasteiger partial charge is 0.418 e. The molecule has 0 aliphatic carbocycles. The van der Waals surface area contributed by atoms with Gasteiger partial charge in [-0.2, -0.15) is 13.2 Å². The number of anilines is 1. The maximum atomic E-state index is 13.2. The molecule has 134 valence electrons. The van der Waals surface area contributed by atoms with E-state index in [1.165, 1.54) is 26.0 Å². The summed E-state index contributed by atoms with van der Waals surface area (Å²) in [6.45, 7) is 2.94. The third-order valence-electron chi connectivity index (χ3n) is 3.27. The topological polar surface area (TPSA) is 38.3 Å². The number of carbonyl (C=O) groups is 1. The maximum absolute atomic E-state index is 13.2. The van der Waals surface area contributed by atoms with E-state index >= 15 is 0 Å². The summed E-state index contributed by atoms with van der Waals surface area (Å²) < 4.78 is 45.5. The lowest BCUT2D eigenvalue weighted by molar-refractivity contribution is -0.137. The van der Waals surface area contributed by atoms with E-state index in [0.29, 0.717) is 14.3 Å². The molecule has 0 heterocycles. The van der Waals surface area contributed by atoms with E-state index in [-0.39, 0.29) is 5.69 Å². The van der Waals surface area contributed by atoms with Crippen LogP contribution < -0.4 is 10.1 Å². The lowest BCUT2D eigenvalue weighted by Crippen LogP contribution is -2.42. The highest BCUT2D eigenvalue weighted by Gasteiger charge is 2.36. The van der Waals surface area contributed by atoms with Crippen molar-refractivity contribution < 1.29 is 22.7 Å². The molecule has 0 spiro atoms. The molecule has 0 radical (unpaired) electrons. The molecule has 0 bridgehead atoms. The molecule has 1 amide bonds. The van der Waals surface area contributed by atoms with Gasteiger partial charge in [0, 0.05) is 8.59 Å². The largest absolute Gasteiger partial charge is 0.478 e. The minimum atomic E-state index is -4.58. The number of ether oxygens (including phenoxy) is 1. The molecule has 3 nitrogen and oxygen atoms in total. The fraction of sp³-hybridized carbons (Fsp3) is 0.235. The first-order chi connectivity index (χ1) is 11.5. The van der Waals surface area contributed by atoms with Crippen LogP contribution in [0.2, 0.25) is 5.02 Å². The normalized spacial score (nSPS) is 12.0. The second kappa shape index (κ2) is 7.41. The number of hydrogen-bond acceptors (Lipinski definition) is 2. The van der Waals surface area contributed by atoms with Crippen LogP contribution in [0.1, 0.15) is 19.4 Å². The zero-order chi connectivity index (χ0) is 18.8. The van der Waals surface area contributed by atoms with Gasteiger partial charge < -0.3 is 10.1 Å². The van der Waals surface area contributed by atoms with Crippen molar-refractivity contribution in [2.45, 2.75) is 25.6 Å². The minimum absolute atomic E-state index is 0.314. The first-order valence-corrected chi connectivity index (χ1v) is 8.57. The quantitative estimate of drug-likeness (QED) is 0.562. The van der Waals surface area contributed by atoms with Crippen molar-refractivity contribution in [1.29, 1.82) is 0 Å². The average Bonchev–Trinajstić information content (AvgIpc) is 2.50. The molecule has 25 heavy (non-hydrogen) atoms. The van der Waals surface area contributed by atoms with Crippen molar-refractivity contribution in [2.24, 2.45) is 0 Å². The molecule has 8 heteroatoms. The van der Waals surface area contributed by atoms with Crippen LogP contribution in [0.4, 0.5) is 18.9 Å². The Bertz CT molecular complexity index is 776. The molecule has 0 atom stereocenters.